The number of aromatic nitrogens is 3. The number of hydrogen-bond acceptors (Lipinski definition) is 4. The van der Waals surface area contributed by atoms with E-state index in [4.69, 9.17) is 5.73 Å². The molecule has 1 aliphatic carbocycles. The summed E-state index contributed by atoms with van der Waals surface area (Å²) in [5.74, 6) is 0. The summed E-state index contributed by atoms with van der Waals surface area (Å²) in [4.78, 5) is 0. The Morgan fingerprint density at radius 3 is 3.00 bits per heavy atom. The second-order valence-corrected chi connectivity index (χ2v) is 4.39. The maximum Gasteiger partial charge on any atom is 0.0962 e. The van der Waals surface area contributed by atoms with Crippen molar-refractivity contribution in [2.75, 3.05) is 6.26 Å². The van der Waals surface area contributed by atoms with Crippen molar-refractivity contribution in [1.82, 2.24) is 15.0 Å². The Labute approximate surface area is 81.9 Å². The average molecular weight is 198 g/mol. The number of hydrogen-bond donors (Lipinski definition) is 1. The van der Waals surface area contributed by atoms with Gasteiger partial charge in [-0.1, -0.05) is 5.21 Å². The third kappa shape index (κ3) is 1.58. The third-order valence-corrected chi connectivity index (χ3v) is 3.74. The summed E-state index contributed by atoms with van der Waals surface area (Å²) < 4.78 is 1.97. The Balaban J connectivity index is 2.07. The van der Waals surface area contributed by atoms with Crippen molar-refractivity contribution in [2.24, 2.45) is 5.73 Å². The monoisotopic (exact) mass is 198 g/mol. The van der Waals surface area contributed by atoms with Gasteiger partial charge >= 0.3 is 0 Å². The molecule has 2 N–H and O–H groups in total. The van der Waals surface area contributed by atoms with E-state index in [0.717, 1.165) is 5.69 Å². The fourth-order valence-electron chi connectivity index (χ4n) is 1.60. The minimum atomic E-state index is 0.483. The molecule has 1 aromatic rings. The molecule has 1 saturated carbocycles. The summed E-state index contributed by atoms with van der Waals surface area (Å²) in [6.07, 6.45) is 6.63. The molecule has 1 aromatic heterocycles. The Morgan fingerprint density at radius 2 is 2.54 bits per heavy atom. The van der Waals surface area contributed by atoms with Gasteiger partial charge < -0.3 is 5.73 Å². The first-order valence-corrected chi connectivity index (χ1v) is 5.77. The van der Waals surface area contributed by atoms with Crippen LogP contribution in [-0.2, 0) is 6.54 Å². The largest absolute Gasteiger partial charge is 0.325 e. The fourth-order valence-corrected chi connectivity index (χ4v) is 2.55. The van der Waals surface area contributed by atoms with Crippen molar-refractivity contribution in [1.29, 1.82) is 0 Å². The molecule has 2 rings (SSSR count). The highest BCUT2D eigenvalue weighted by Gasteiger charge is 2.32. The van der Waals surface area contributed by atoms with Crippen LogP contribution in [0.4, 0.5) is 0 Å². The Morgan fingerprint density at radius 1 is 1.69 bits per heavy atom. The molecule has 1 fully saturated rings. The lowest BCUT2D eigenvalue weighted by Crippen LogP contribution is -2.31. The maximum absolute atomic E-state index is 5.47. The molecule has 0 aromatic carbocycles. The zero-order chi connectivity index (χ0) is 9.26. The van der Waals surface area contributed by atoms with E-state index in [1.165, 1.54) is 12.8 Å². The van der Waals surface area contributed by atoms with E-state index in [0.29, 0.717) is 17.8 Å². The molecule has 0 aliphatic heterocycles. The van der Waals surface area contributed by atoms with Crippen molar-refractivity contribution < 1.29 is 0 Å². The summed E-state index contributed by atoms with van der Waals surface area (Å²) >= 11 is 1.91. The fraction of sp³-hybridized carbons (Fsp3) is 0.750. The van der Waals surface area contributed by atoms with Crippen LogP contribution >= 0.6 is 11.8 Å². The molecule has 13 heavy (non-hydrogen) atoms. The van der Waals surface area contributed by atoms with Crippen LogP contribution in [0.5, 0.6) is 0 Å². The van der Waals surface area contributed by atoms with E-state index in [9.17, 15) is 0 Å². The van der Waals surface area contributed by atoms with Gasteiger partial charge in [0.15, 0.2) is 0 Å². The zero-order valence-corrected chi connectivity index (χ0v) is 8.50. The zero-order valence-electron chi connectivity index (χ0n) is 7.68. The summed E-state index contributed by atoms with van der Waals surface area (Å²) in [5, 5.41) is 8.78. The average Bonchev–Trinajstić information content (AvgIpc) is 2.52. The topological polar surface area (TPSA) is 56.7 Å². The van der Waals surface area contributed by atoms with Crippen LogP contribution in [0.25, 0.3) is 0 Å². The predicted molar refractivity (Wildman–Crippen MR) is 53.5 cm³/mol. The minimum absolute atomic E-state index is 0.483. The molecule has 0 bridgehead atoms. The third-order valence-electron chi connectivity index (χ3n) is 2.59. The highest BCUT2D eigenvalue weighted by molar-refractivity contribution is 7.99. The van der Waals surface area contributed by atoms with Crippen LogP contribution in [-0.4, -0.2) is 26.5 Å². The van der Waals surface area contributed by atoms with Gasteiger partial charge in [-0.25, -0.2) is 4.68 Å². The van der Waals surface area contributed by atoms with Crippen LogP contribution in [0.15, 0.2) is 6.20 Å². The van der Waals surface area contributed by atoms with E-state index in [2.05, 4.69) is 16.6 Å². The van der Waals surface area contributed by atoms with Gasteiger partial charge in [0.2, 0.25) is 0 Å². The van der Waals surface area contributed by atoms with Gasteiger partial charge in [-0.2, -0.15) is 11.8 Å². The maximum atomic E-state index is 5.47. The summed E-state index contributed by atoms with van der Waals surface area (Å²) in [6.45, 7) is 0.483. The molecule has 0 saturated heterocycles. The first kappa shape index (κ1) is 9.02. The molecule has 4 nitrogen and oxygen atoms in total. The highest BCUT2D eigenvalue weighted by atomic mass is 32.2. The molecule has 0 amide bonds. The standard InChI is InChI=1S/C8H14N4S/c1-13-8-3-2-7(8)12-5-6(4-9)10-11-12/h5,7-8H,2-4,9H2,1H3. The molecular weight excluding hydrogens is 184 g/mol. The van der Waals surface area contributed by atoms with Crippen LogP contribution in [0.3, 0.4) is 0 Å². The van der Waals surface area contributed by atoms with Gasteiger partial charge in [0.25, 0.3) is 0 Å². The lowest BCUT2D eigenvalue weighted by atomic mass is 9.92. The van der Waals surface area contributed by atoms with Crippen LogP contribution in [0.1, 0.15) is 24.6 Å². The molecule has 1 aliphatic rings. The molecule has 0 radical (unpaired) electrons. The van der Waals surface area contributed by atoms with Gasteiger partial charge in [0, 0.05) is 11.8 Å². The molecule has 1 heterocycles. The second kappa shape index (κ2) is 3.67. The minimum Gasteiger partial charge on any atom is -0.325 e. The van der Waals surface area contributed by atoms with Gasteiger partial charge in [-0.05, 0) is 19.1 Å². The molecule has 5 heteroatoms. The number of nitrogens with zero attached hydrogens (tertiary/aromatic N) is 3. The Bertz CT molecular complexity index is 283. The summed E-state index contributed by atoms with van der Waals surface area (Å²) in [5.41, 5.74) is 6.35. The summed E-state index contributed by atoms with van der Waals surface area (Å²) in [7, 11) is 0. The summed E-state index contributed by atoms with van der Waals surface area (Å²) in [6, 6.07) is 0.544. The Hall–Kier alpha value is -0.550. The van der Waals surface area contributed by atoms with Crippen LogP contribution in [0, 0.1) is 0 Å². The predicted octanol–water partition coefficient (Wildman–Crippen LogP) is 0.803. The molecule has 72 valence electrons. The second-order valence-electron chi connectivity index (χ2n) is 3.31. The van der Waals surface area contributed by atoms with Crippen LogP contribution in [0.2, 0.25) is 0 Å². The van der Waals surface area contributed by atoms with E-state index in [-0.39, 0.29) is 0 Å². The lowest BCUT2D eigenvalue weighted by molar-refractivity contribution is 0.297. The smallest absolute Gasteiger partial charge is 0.0962 e. The van der Waals surface area contributed by atoms with E-state index < -0.39 is 0 Å². The normalized spacial score (nSPS) is 27.2. The van der Waals surface area contributed by atoms with Crippen molar-refractivity contribution in [3.63, 3.8) is 0 Å². The number of rotatable bonds is 3. The van der Waals surface area contributed by atoms with Crippen molar-refractivity contribution in [2.45, 2.75) is 30.7 Å². The van der Waals surface area contributed by atoms with E-state index in [1.54, 1.807) is 0 Å². The SMILES string of the molecule is CSC1CCC1n1cc(CN)nn1. The van der Waals surface area contributed by atoms with Gasteiger partial charge in [-0.15, -0.1) is 5.10 Å². The van der Waals surface area contributed by atoms with Crippen molar-refractivity contribution in [3.8, 4) is 0 Å². The molecule has 2 unspecified atom stereocenters. The van der Waals surface area contributed by atoms with Crippen molar-refractivity contribution >= 4 is 11.8 Å². The lowest BCUT2D eigenvalue weighted by Gasteiger charge is -2.34. The van der Waals surface area contributed by atoms with Crippen molar-refractivity contribution in [3.05, 3.63) is 11.9 Å². The number of nitrogens with two attached hydrogens (primary N) is 1. The molecular formula is C8H14N4S. The van der Waals surface area contributed by atoms with Gasteiger partial charge in [-0.3, -0.25) is 0 Å². The highest BCUT2D eigenvalue weighted by Crippen LogP contribution is 2.39. The van der Waals surface area contributed by atoms with Gasteiger partial charge in [0.1, 0.15) is 0 Å². The van der Waals surface area contributed by atoms with Crippen LogP contribution < -0.4 is 5.73 Å². The molecule has 0 spiro atoms. The first-order chi connectivity index (χ1) is 6.35. The first-order valence-electron chi connectivity index (χ1n) is 4.48. The van der Waals surface area contributed by atoms with Gasteiger partial charge in [0.05, 0.1) is 17.9 Å². The van der Waals surface area contributed by atoms with E-state index >= 15 is 0 Å². The number of thioether (sulfide) groups is 1. The molecule has 2 atom stereocenters. The van der Waals surface area contributed by atoms with E-state index in [1.807, 2.05) is 22.6 Å². The quantitative estimate of drug-likeness (QED) is 0.780. The Kier molecular flexibility index (Phi) is 2.55.